The highest BCUT2D eigenvalue weighted by Crippen LogP contribution is 2.44. The molecule has 1 aliphatic rings. The quantitative estimate of drug-likeness (QED) is 0.536. The maximum absolute atomic E-state index is 10.5. The molecule has 0 radical (unpaired) electrons. The van der Waals surface area contributed by atoms with Crippen molar-refractivity contribution in [1.82, 2.24) is 0 Å². The van der Waals surface area contributed by atoms with E-state index in [1.807, 2.05) is 23.9 Å². The lowest BCUT2D eigenvalue weighted by molar-refractivity contribution is -0.180. The maximum atomic E-state index is 10.5. The van der Waals surface area contributed by atoms with Crippen LogP contribution in [0.25, 0.3) is 0 Å². The van der Waals surface area contributed by atoms with Crippen LogP contribution < -0.4 is 0 Å². The second-order valence-electron chi connectivity index (χ2n) is 9.88. The minimum Gasteiger partial charge on any atom is -0.364 e. The molecular weight excluding hydrogens is 340 g/mol. The number of rotatable bonds is 7. The SMILES string of the molecule is CSC(C)(C)CC(c1ccc(C(O)OC2(C)CCCC2)cc1)C(C)(C)C. The van der Waals surface area contributed by atoms with Gasteiger partial charge < -0.3 is 9.84 Å². The van der Waals surface area contributed by atoms with Crippen molar-refractivity contribution in [3.8, 4) is 0 Å². The molecular formula is C23H38O2S. The zero-order valence-corrected chi connectivity index (χ0v) is 18.6. The van der Waals surface area contributed by atoms with Crippen molar-refractivity contribution in [1.29, 1.82) is 0 Å². The summed E-state index contributed by atoms with van der Waals surface area (Å²) < 4.78 is 6.25. The highest BCUT2D eigenvalue weighted by atomic mass is 32.2. The highest BCUT2D eigenvalue weighted by Gasteiger charge is 2.34. The number of hydrogen-bond acceptors (Lipinski definition) is 3. The molecule has 1 aromatic rings. The van der Waals surface area contributed by atoms with Gasteiger partial charge in [-0.05, 0) is 49.3 Å². The summed E-state index contributed by atoms with van der Waals surface area (Å²) in [5, 5.41) is 10.5. The Morgan fingerprint density at radius 2 is 1.54 bits per heavy atom. The summed E-state index contributed by atoms with van der Waals surface area (Å²) >= 11 is 1.93. The molecule has 2 unspecified atom stereocenters. The second kappa shape index (κ2) is 8.24. The van der Waals surface area contributed by atoms with Gasteiger partial charge in [-0.15, -0.1) is 0 Å². The molecule has 0 aliphatic heterocycles. The van der Waals surface area contributed by atoms with Gasteiger partial charge in [0, 0.05) is 10.3 Å². The van der Waals surface area contributed by atoms with Crippen LogP contribution in [0.4, 0.5) is 0 Å². The lowest BCUT2D eigenvalue weighted by Gasteiger charge is -2.37. The summed E-state index contributed by atoms with van der Waals surface area (Å²) in [6.07, 6.45) is 6.97. The Kier molecular flexibility index (Phi) is 6.91. The molecule has 1 saturated carbocycles. The third-order valence-corrected chi connectivity index (χ3v) is 7.25. The van der Waals surface area contributed by atoms with Gasteiger partial charge in [-0.1, -0.05) is 71.7 Å². The molecule has 148 valence electrons. The number of hydrogen-bond donors (Lipinski definition) is 1. The molecule has 0 bridgehead atoms. The minimum atomic E-state index is -0.831. The van der Waals surface area contributed by atoms with E-state index in [2.05, 4.69) is 59.9 Å². The number of ether oxygens (including phenoxy) is 1. The number of benzene rings is 1. The highest BCUT2D eigenvalue weighted by molar-refractivity contribution is 7.99. The first-order valence-electron chi connectivity index (χ1n) is 9.97. The maximum Gasteiger partial charge on any atom is 0.181 e. The van der Waals surface area contributed by atoms with Gasteiger partial charge in [0.05, 0.1) is 5.60 Å². The van der Waals surface area contributed by atoms with E-state index < -0.39 is 6.29 Å². The Hall–Kier alpha value is -0.510. The van der Waals surface area contributed by atoms with Crippen molar-refractivity contribution in [2.75, 3.05) is 6.26 Å². The van der Waals surface area contributed by atoms with E-state index in [-0.39, 0.29) is 15.8 Å². The predicted octanol–water partition coefficient (Wildman–Crippen LogP) is 6.69. The molecule has 0 saturated heterocycles. The van der Waals surface area contributed by atoms with Crippen molar-refractivity contribution in [3.05, 3.63) is 35.4 Å². The summed E-state index contributed by atoms with van der Waals surface area (Å²) in [7, 11) is 0. The molecule has 2 rings (SSSR count). The second-order valence-corrected chi connectivity index (χ2v) is 11.4. The molecule has 2 nitrogen and oxygen atoms in total. The van der Waals surface area contributed by atoms with Gasteiger partial charge in [0.25, 0.3) is 0 Å². The average molecular weight is 379 g/mol. The van der Waals surface area contributed by atoms with E-state index in [0.717, 1.165) is 24.8 Å². The fourth-order valence-electron chi connectivity index (χ4n) is 3.97. The Morgan fingerprint density at radius 3 is 2.00 bits per heavy atom. The largest absolute Gasteiger partial charge is 0.364 e. The van der Waals surface area contributed by atoms with Crippen molar-refractivity contribution in [3.63, 3.8) is 0 Å². The molecule has 0 heterocycles. The summed E-state index contributed by atoms with van der Waals surface area (Å²) in [6.45, 7) is 13.7. The van der Waals surface area contributed by atoms with Crippen LogP contribution in [0.3, 0.4) is 0 Å². The normalized spacial score (nSPS) is 20.2. The van der Waals surface area contributed by atoms with E-state index in [4.69, 9.17) is 4.74 Å². The third-order valence-electron chi connectivity index (χ3n) is 5.98. The summed E-state index contributed by atoms with van der Waals surface area (Å²) in [6, 6.07) is 8.46. The van der Waals surface area contributed by atoms with Crippen molar-refractivity contribution in [2.24, 2.45) is 5.41 Å². The van der Waals surface area contributed by atoms with Crippen LogP contribution in [0.2, 0.25) is 0 Å². The van der Waals surface area contributed by atoms with Crippen LogP contribution in [-0.4, -0.2) is 21.7 Å². The third kappa shape index (κ3) is 5.74. The first kappa shape index (κ1) is 21.8. The molecule has 1 fully saturated rings. The number of aliphatic hydroxyl groups excluding tert-OH is 1. The van der Waals surface area contributed by atoms with Crippen LogP contribution in [0, 0.1) is 5.41 Å². The van der Waals surface area contributed by atoms with Crippen molar-refractivity contribution >= 4 is 11.8 Å². The monoisotopic (exact) mass is 378 g/mol. The van der Waals surface area contributed by atoms with E-state index >= 15 is 0 Å². The van der Waals surface area contributed by atoms with Crippen LogP contribution in [-0.2, 0) is 4.74 Å². The smallest absolute Gasteiger partial charge is 0.181 e. The van der Waals surface area contributed by atoms with Gasteiger partial charge in [0.1, 0.15) is 0 Å². The van der Waals surface area contributed by atoms with Crippen LogP contribution in [0.5, 0.6) is 0 Å². The molecule has 1 aliphatic carbocycles. The van der Waals surface area contributed by atoms with E-state index in [9.17, 15) is 5.11 Å². The minimum absolute atomic E-state index is 0.172. The number of aliphatic hydroxyl groups is 1. The lowest BCUT2D eigenvalue weighted by atomic mass is 9.72. The van der Waals surface area contributed by atoms with E-state index in [1.54, 1.807) is 0 Å². The van der Waals surface area contributed by atoms with Crippen LogP contribution >= 0.6 is 11.8 Å². The van der Waals surface area contributed by atoms with Gasteiger partial charge in [-0.2, -0.15) is 11.8 Å². The Labute approximate surface area is 165 Å². The lowest BCUT2D eigenvalue weighted by Crippen LogP contribution is -2.27. The average Bonchev–Trinajstić information content (AvgIpc) is 2.98. The fraction of sp³-hybridized carbons (Fsp3) is 0.739. The molecule has 1 aromatic carbocycles. The number of thioether (sulfide) groups is 1. The van der Waals surface area contributed by atoms with Crippen molar-refractivity contribution in [2.45, 2.75) is 96.2 Å². The van der Waals surface area contributed by atoms with Gasteiger partial charge in [0.15, 0.2) is 6.29 Å². The van der Waals surface area contributed by atoms with Crippen LogP contribution in [0.1, 0.15) is 97.0 Å². The Bertz CT molecular complexity index is 565. The standard InChI is InChI=1S/C23H38O2S/c1-21(2,3)19(16-22(4,5)26-7)17-10-12-18(13-11-17)20(24)25-23(6)14-8-9-15-23/h10-13,19-20,24H,8-9,14-16H2,1-7H3. The first-order valence-corrected chi connectivity index (χ1v) is 11.2. The summed E-state index contributed by atoms with van der Waals surface area (Å²) in [4.78, 5) is 0. The zero-order valence-electron chi connectivity index (χ0n) is 17.8. The van der Waals surface area contributed by atoms with Crippen LogP contribution in [0.15, 0.2) is 24.3 Å². The molecule has 0 spiro atoms. The Morgan fingerprint density at radius 1 is 1.04 bits per heavy atom. The van der Waals surface area contributed by atoms with E-state index in [1.165, 1.54) is 18.4 Å². The van der Waals surface area contributed by atoms with Gasteiger partial charge in [-0.3, -0.25) is 0 Å². The molecule has 26 heavy (non-hydrogen) atoms. The summed E-state index contributed by atoms with van der Waals surface area (Å²) in [5.74, 6) is 0.476. The first-order chi connectivity index (χ1) is 12.0. The van der Waals surface area contributed by atoms with E-state index in [0.29, 0.717) is 5.92 Å². The fourth-order valence-corrected chi connectivity index (χ4v) is 4.30. The summed E-state index contributed by atoms with van der Waals surface area (Å²) in [5.41, 5.74) is 2.23. The molecule has 2 atom stereocenters. The molecule has 3 heteroatoms. The Balaban J connectivity index is 2.14. The van der Waals surface area contributed by atoms with Gasteiger partial charge in [0.2, 0.25) is 0 Å². The van der Waals surface area contributed by atoms with Gasteiger partial charge >= 0.3 is 0 Å². The molecule has 1 N–H and O–H groups in total. The topological polar surface area (TPSA) is 29.5 Å². The van der Waals surface area contributed by atoms with Gasteiger partial charge in [-0.25, -0.2) is 0 Å². The molecule has 0 amide bonds. The molecule has 0 aromatic heterocycles. The van der Waals surface area contributed by atoms with Crippen molar-refractivity contribution < 1.29 is 9.84 Å². The predicted molar refractivity (Wildman–Crippen MR) is 114 cm³/mol. The zero-order chi connectivity index (χ0) is 19.6.